The molecule has 1 amide bonds. The summed E-state index contributed by atoms with van der Waals surface area (Å²) in [6.45, 7) is 1.88. The van der Waals surface area contributed by atoms with Crippen LogP contribution in [0.2, 0.25) is 0 Å². The number of halogens is 3. The number of carboxylic acid groups (broad SMARTS) is 1. The van der Waals surface area contributed by atoms with Crippen molar-refractivity contribution in [2.75, 3.05) is 0 Å². The van der Waals surface area contributed by atoms with Gasteiger partial charge in [-0.2, -0.15) is 13.2 Å². The highest BCUT2D eigenvalue weighted by Crippen LogP contribution is 2.29. The fourth-order valence-electron chi connectivity index (χ4n) is 2.66. The van der Waals surface area contributed by atoms with E-state index in [2.05, 4.69) is 10.3 Å². The molecule has 1 atom stereocenters. The topological polar surface area (TPSA) is 84.2 Å². The summed E-state index contributed by atoms with van der Waals surface area (Å²) in [5.41, 5.74) is -0.0843. The van der Waals surface area contributed by atoms with Crippen molar-refractivity contribution in [1.82, 2.24) is 14.9 Å². The van der Waals surface area contributed by atoms with Crippen LogP contribution in [-0.4, -0.2) is 26.5 Å². The van der Waals surface area contributed by atoms with Crippen LogP contribution in [0, 0.1) is 5.92 Å². The molecular weight excluding hydrogens is 363 g/mol. The molecule has 0 spiro atoms. The Bertz CT molecular complexity index is 813. The maximum Gasteiger partial charge on any atom is 0.416 e. The molecule has 27 heavy (non-hydrogen) atoms. The molecule has 2 aromatic rings. The second-order valence-electron chi connectivity index (χ2n) is 6.15. The number of benzene rings is 1. The van der Waals surface area contributed by atoms with Gasteiger partial charge in [0.15, 0.2) is 0 Å². The van der Waals surface area contributed by atoms with Crippen molar-refractivity contribution in [3.05, 3.63) is 53.1 Å². The molecule has 1 aromatic carbocycles. The molecule has 1 unspecified atom stereocenters. The Kier molecular flexibility index (Phi) is 6.24. The number of rotatable bonds is 7. The zero-order valence-corrected chi connectivity index (χ0v) is 14.9. The molecule has 6 nitrogen and oxygen atoms in total. The second kappa shape index (κ2) is 8.24. The first kappa shape index (κ1) is 20.5. The lowest BCUT2D eigenvalue weighted by Crippen LogP contribution is -2.32. The van der Waals surface area contributed by atoms with Crippen LogP contribution in [0.1, 0.15) is 40.8 Å². The second-order valence-corrected chi connectivity index (χ2v) is 6.15. The third kappa shape index (κ3) is 5.08. The lowest BCUT2D eigenvalue weighted by molar-refractivity contribution is -0.137. The molecule has 1 aromatic heterocycles. The Morgan fingerprint density at radius 3 is 2.37 bits per heavy atom. The Morgan fingerprint density at radius 1 is 1.26 bits per heavy atom. The van der Waals surface area contributed by atoms with Crippen LogP contribution >= 0.6 is 0 Å². The summed E-state index contributed by atoms with van der Waals surface area (Å²) in [6, 6.07) is 4.75. The summed E-state index contributed by atoms with van der Waals surface area (Å²) in [6.07, 6.45) is -2.37. The van der Waals surface area contributed by atoms with E-state index in [9.17, 15) is 22.8 Å². The molecule has 2 N–H and O–H groups in total. The summed E-state index contributed by atoms with van der Waals surface area (Å²) in [5, 5.41) is 11.7. The number of amides is 1. The maximum atomic E-state index is 12.6. The quantitative estimate of drug-likeness (QED) is 0.770. The molecular formula is C18H20F3N3O3. The van der Waals surface area contributed by atoms with Crippen molar-refractivity contribution >= 4 is 11.9 Å². The zero-order chi connectivity index (χ0) is 20.2. The number of hydrogen-bond donors (Lipinski definition) is 2. The molecule has 0 fully saturated rings. The molecule has 0 saturated carbocycles. The van der Waals surface area contributed by atoms with E-state index < -0.39 is 23.6 Å². The first-order valence-corrected chi connectivity index (χ1v) is 8.31. The Labute approximate surface area is 154 Å². The van der Waals surface area contributed by atoms with Crippen molar-refractivity contribution < 1.29 is 27.9 Å². The van der Waals surface area contributed by atoms with Gasteiger partial charge in [-0.05, 0) is 30.5 Å². The van der Waals surface area contributed by atoms with E-state index in [4.69, 9.17) is 5.11 Å². The predicted molar refractivity (Wildman–Crippen MR) is 90.9 cm³/mol. The van der Waals surface area contributed by atoms with Gasteiger partial charge in [0, 0.05) is 13.0 Å². The number of carboxylic acids is 1. The van der Waals surface area contributed by atoms with Gasteiger partial charge in [-0.25, -0.2) is 9.78 Å². The molecule has 0 radical (unpaired) electrons. The number of nitrogens with one attached hydrogen (secondary N) is 1. The fourth-order valence-corrected chi connectivity index (χ4v) is 2.66. The van der Waals surface area contributed by atoms with Crippen molar-refractivity contribution in [3.63, 3.8) is 0 Å². The van der Waals surface area contributed by atoms with Gasteiger partial charge in [-0.3, -0.25) is 4.79 Å². The van der Waals surface area contributed by atoms with E-state index in [0.29, 0.717) is 24.2 Å². The number of aromatic nitrogens is 2. The number of aromatic carboxylic acids is 1. The minimum atomic E-state index is -4.39. The summed E-state index contributed by atoms with van der Waals surface area (Å²) in [4.78, 5) is 27.4. The Hall–Kier alpha value is -2.84. The van der Waals surface area contributed by atoms with Crippen molar-refractivity contribution in [3.8, 4) is 0 Å². The van der Waals surface area contributed by atoms with Gasteiger partial charge >= 0.3 is 12.1 Å². The van der Waals surface area contributed by atoms with Crippen LogP contribution in [0.3, 0.4) is 0 Å². The SMILES string of the molecule is CCC(Cc1ccc(C(F)(F)F)cc1)C(=O)NCc1ncc(C(=O)O)n1C. The molecule has 0 aliphatic heterocycles. The standard InChI is InChI=1S/C18H20F3N3O3/c1-3-12(8-11-4-6-13(7-5-11)18(19,20)21)16(25)23-10-15-22-9-14(17(26)27)24(15)2/h4-7,9,12H,3,8,10H2,1-2H3,(H,23,25)(H,26,27). The summed E-state index contributed by atoms with van der Waals surface area (Å²) in [7, 11) is 1.54. The van der Waals surface area contributed by atoms with Crippen molar-refractivity contribution in [1.29, 1.82) is 0 Å². The van der Waals surface area contributed by atoms with E-state index in [1.165, 1.54) is 29.9 Å². The third-order valence-corrected chi connectivity index (χ3v) is 4.35. The van der Waals surface area contributed by atoms with E-state index in [0.717, 1.165) is 12.1 Å². The van der Waals surface area contributed by atoms with Gasteiger partial charge in [-0.1, -0.05) is 19.1 Å². The van der Waals surface area contributed by atoms with E-state index >= 15 is 0 Å². The van der Waals surface area contributed by atoms with Crippen LogP contribution < -0.4 is 5.32 Å². The molecule has 9 heteroatoms. The van der Waals surface area contributed by atoms with Crippen molar-refractivity contribution in [2.24, 2.45) is 13.0 Å². The maximum absolute atomic E-state index is 12.6. The van der Waals surface area contributed by atoms with Gasteiger partial charge in [0.1, 0.15) is 11.5 Å². The molecule has 0 aliphatic rings. The molecule has 146 valence electrons. The molecule has 1 heterocycles. The highest BCUT2D eigenvalue weighted by molar-refractivity contribution is 5.85. The number of alkyl halides is 3. The smallest absolute Gasteiger partial charge is 0.416 e. The Balaban J connectivity index is 1.98. The average Bonchev–Trinajstić information content (AvgIpc) is 2.98. The molecule has 0 saturated heterocycles. The van der Waals surface area contributed by atoms with Gasteiger partial charge < -0.3 is 15.0 Å². The molecule has 0 aliphatic carbocycles. The minimum Gasteiger partial charge on any atom is -0.477 e. The third-order valence-electron chi connectivity index (χ3n) is 4.35. The Morgan fingerprint density at radius 2 is 1.89 bits per heavy atom. The zero-order valence-electron chi connectivity index (χ0n) is 14.9. The fraction of sp³-hybridized carbons (Fsp3) is 0.389. The van der Waals surface area contributed by atoms with Crippen molar-refractivity contribution in [2.45, 2.75) is 32.5 Å². The summed E-state index contributed by atoms with van der Waals surface area (Å²) >= 11 is 0. The van der Waals surface area contributed by atoms with Crippen LogP contribution in [0.15, 0.2) is 30.5 Å². The lowest BCUT2D eigenvalue weighted by atomic mass is 9.95. The van der Waals surface area contributed by atoms with E-state index in [1.807, 2.05) is 6.92 Å². The van der Waals surface area contributed by atoms with Gasteiger partial charge in [0.25, 0.3) is 0 Å². The van der Waals surface area contributed by atoms with Gasteiger partial charge in [-0.15, -0.1) is 0 Å². The largest absolute Gasteiger partial charge is 0.477 e. The number of carbonyl (C=O) groups is 2. The van der Waals surface area contributed by atoms with Crippen LogP contribution in [0.4, 0.5) is 13.2 Å². The number of nitrogens with zero attached hydrogens (tertiary/aromatic N) is 2. The van der Waals surface area contributed by atoms with Crippen LogP contribution in [-0.2, 0) is 31.0 Å². The first-order chi connectivity index (χ1) is 12.6. The summed E-state index contributed by atoms with van der Waals surface area (Å²) < 4.78 is 39.2. The number of imidazole rings is 1. The normalized spacial score (nSPS) is 12.6. The predicted octanol–water partition coefficient (Wildman–Crippen LogP) is 3.02. The van der Waals surface area contributed by atoms with E-state index in [1.54, 1.807) is 0 Å². The highest BCUT2D eigenvalue weighted by atomic mass is 19.4. The van der Waals surface area contributed by atoms with E-state index in [-0.39, 0.29) is 18.1 Å². The van der Waals surface area contributed by atoms with Crippen LogP contribution in [0.5, 0.6) is 0 Å². The monoisotopic (exact) mass is 383 g/mol. The first-order valence-electron chi connectivity index (χ1n) is 8.31. The lowest BCUT2D eigenvalue weighted by Gasteiger charge is -2.16. The van der Waals surface area contributed by atoms with Gasteiger partial charge in [0.2, 0.25) is 5.91 Å². The molecule has 0 bridgehead atoms. The summed E-state index contributed by atoms with van der Waals surface area (Å²) in [5.74, 6) is -1.40. The average molecular weight is 383 g/mol. The number of carbonyl (C=O) groups excluding carboxylic acids is 1. The van der Waals surface area contributed by atoms with Crippen LogP contribution in [0.25, 0.3) is 0 Å². The highest BCUT2D eigenvalue weighted by Gasteiger charge is 2.30. The minimum absolute atomic E-state index is 0.0102. The number of hydrogen-bond acceptors (Lipinski definition) is 3. The molecule has 2 rings (SSSR count). The van der Waals surface area contributed by atoms with Gasteiger partial charge in [0.05, 0.1) is 18.3 Å².